The van der Waals surface area contributed by atoms with Crippen molar-refractivity contribution >= 4 is 11.8 Å². The van der Waals surface area contributed by atoms with Gasteiger partial charge in [0.05, 0.1) is 14.2 Å². The van der Waals surface area contributed by atoms with E-state index >= 15 is 0 Å². The first-order valence-electron chi connectivity index (χ1n) is 13.6. The molecule has 0 radical (unpaired) electrons. The molecule has 2 amide bonds. The van der Waals surface area contributed by atoms with Gasteiger partial charge in [-0.3, -0.25) is 9.59 Å². The van der Waals surface area contributed by atoms with Gasteiger partial charge in [-0.05, 0) is 60.4 Å². The first-order chi connectivity index (χ1) is 19.1. The fraction of sp³-hybridized carbons (Fsp3) is 0.375. The molecule has 3 aromatic rings. The molecule has 206 valence electrons. The lowest BCUT2D eigenvalue weighted by Gasteiger charge is -2.33. The van der Waals surface area contributed by atoms with Crippen molar-refractivity contribution in [3.05, 3.63) is 90.0 Å². The molecule has 3 aromatic carbocycles. The summed E-state index contributed by atoms with van der Waals surface area (Å²) in [5, 5.41) is 3.26. The molecule has 39 heavy (non-hydrogen) atoms. The van der Waals surface area contributed by atoms with E-state index in [-0.39, 0.29) is 31.0 Å². The maximum absolute atomic E-state index is 13.8. The van der Waals surface area contributed by atoms with Crippen LogP contribution in [0.3, 0.4) is 0 Å². The van der Waals surface area contributed by atoms with Crippen molar-refractivity contribution in [2.24, 2.45) is 0 Å². The first kappa shape index (κ1) is 28.0. The molecule has 4 rings (SSSR count). The number of hydrogen-bond donors (Lipinski definition) is 1. The third kappa shape index (κ3) is 8.24. The zero-order valence-electron chi connectivity index (χ0n) is 22.8. The highest BCUT2D eigenvalue weighted by molar-refractivity contribution is 5.88. The third-order valence-electron chi connectivity index (χ3n) is 7.13. The SMILES string of the molecule is COc1ccc(OCC(=O)N(Cc2cccc(OC)c2)[C@@H](Cc2ccccc2)C(=O)NC2CCCCC2)cc1. The minimum atomic E-state index is -0.701. The van der Waals surface area contributed by atoms with Gasteiger partial charge in [-0.25, -0.2) is 0 Å². The van der Waals surface area contributed by atoms with Gasteiger partial charge in [-0.2, -0.15) is 0 Å². The number of ether oxygens (including phenoxy) is 3. The van der Waals surface area contributed by atoms with Gasteiger partial charge in [0, 0.05) is 19.0 Å². The van der Waals surface area contributed by atoms with Gasteiger partial charge in [0.1, 0.15) is 23.3 Å². The average Bonchev–Trinajstić information content (AvgIpc) is 2.99. The monoisotopic (exact) mass is 530 g/mol. The number of nitrogens with one attached hydrogen (secondary N) is 1. The molecule has 1 N–H and O–H groups in total. The number of hydrogen-bond acceptors (Lipinski definition) is 5. The number of carbonyl (C=O) groups is 2. The smallest absolute Gasteiger partial charge is 0.261 e. The maximum Gasteiger partial charge on any atom is 0.261 e. The van der Waals surface area contributed by atoms with Gasteiger partial charge in [0.2, 0.25) is 5.91 Å². The predicted molar refractivity (Wildman–Crippen MR) is 151 cm³/mol. The van der Waals surface area contributed by atoms with Gasteiger partial charge < -0.3 is 24.4 Å². The van der Waals surface area contributed by atoms with Crippen LogP contribution >= 0.6 is 0 Å². The zero-order valence-corrected chi connectivity index (χ0v) is 22.8. The second kappa shape index (κ2) is 14.2. The van der Waals surface area contributed by atoms with Gasteiger partial charge >= 0.3 is 0 Å². The molecule has 7 nitrogen and oxygen atoms in total. The molecule has 0 unspecified atom stereocenters. The number of carbonyl (C=O) groups excluding carboxylic acids is 2. The molecule has 0 saturated heterocycles. The van der Waals surface area contributed by atoms with Crippen molar-refractivity contribution in [1.29, 1.82) is 0 Å². The van der Waals surface area contributed by atoms with E-state index in [4.69, 9.17) is 14.2 Å². The highest BCUT2D eigenvalue weighted by atomic mass is 16.5. The number of amides is 2. The second-order valence-corrected chi connectivity index (χ2v) is 9.89. The normalized spacial score (nSPS) is 14.2. The van der Waals surface area contributed by atoms with E-state index in [9.17, 15) is 9.59 Å². The lowest BCUT2D eigenvalue weighted by Crippen LogP contribution is -2.53. The summed E-state index contributed by atoms with van der Waals surface area (Å²) in [7, 11) is 3.21. The summed E-state index contributed by atoms with van der Waals surface area (Å²) in [6.07, 6.45) is 5.75. The van der Waals surface area contributed by atoms with Crippen molar-refractivity contribution in [1.82, 2.24) is 10.2 Å². The number of nitrogens with zero attached hydrogens (tertiary/aromatic N) is 1. The molecule has 0 spiro atoms. The van der Waals surface area contributed by atoms with Crippen molar-refractivity contribution in [2.45, 2.75) is 57.2 Å². The standard InChI is InChI=1S/C32H38N2O5/c1-37-27-16-18-28(19-17-27)39-23-31(35)34(22-25-12-9-15-29(20-25)38-2)30(21-24-10-5-3-6-11-24)32(36)33-26-13-7-4-8-14-26/h3,5-6,9-12,15-20,26,30H,4,7-8,13-14,21-23H2,1-2H3,(H,33,36)/t30-/m0/s1. The summed E-state index contributed by atoms with van der Waals surface area (Å²) in [5.41, 5.74) is 1.86. The molecule has 0 bridgehead atoms. The van der Waals surface area contributed by atoms with E-state index in [1.165, 1.54) is 6.42 Å². The Hall–Kier alpha value is -4.00. The quantitative estimate of drug-likeness (QED) is 0.350. The number of rotatable bonds is 12. The Labute approximate surface area is 231 Å². The summed E-state index contributed by atoms with van der Waals surface area (Å²) >= 11 is 0. The highest BCUT2D eigenvalue weighted by Crippen LogP contribution is 2.22. The van der Waals surface area contributed by atoms with Crippen molar-refractivity contribution in [3.8, 4) is 17.2 Å². The summed E-state index contributed by atoms with van der Waals surface area (Å²) in [4.78, 5) is 29.3. The summed E-state index contributed by atoms with van der Waals surface area (Å²) in [6, 6.07) is 23.9. The first-order valence-corrected chi connectivity index (χ1v) is 13.6. The fourth-order valence-electron chi connectivity index (χ4n) is 4.97. The fourth-order valence-corrected chi connectivity index (χ4v) is 4.97. The summed E-state index contributed by atoms with van der Waals surface area (Å²) in [6.45, 7) is 0.0515. The van der Waals surface area contributed by atoms with Crippen molar-refractivity contribution in [3.63, 3.8) is 0 Å². The Morgan fingerprint density at radius 3 is 2.18 bits per heavy atom. The molecule has 1 atom stereocenters. The van der Waals surface area contributed by atoms with E-state index in [0.717, 1.165) is 36.8 Å². The third-order valence-corrected chi connectivity index (χ3v) is 7.13. The summed E-state index contributed by atoms with van der Waals surface area (Å²) < 4.78 is 16.5. The number of methoxy groups -OCH3 is 2. The molecular formula is C32H38N2O5. The van der Waals surface area contributed by atoms with E-state index in [2.05, 4.69) is 5.32 Å². The largest absolute Gasteiger partial charge is 0.497 e. The van der Waals surface area contributed by atoms with Crippen LogP contribution in [0.1, 0.15) is 43.2 Å². The lowest BCUT2D eigenvalue weighted by molar-refractivity contribution is -0.143. The number of benzene rings is 3. The van der Waals surface area contributed by atoms with E-state index < -0.39 is 6.04 Å². The Bertz CT molecular complexity index is 1190. The molecule has 1 aliphatic rings. The van der Waals surface area contributed by atoms with Crippen LogP contribution in [0.5, 0.6) is 17.2 Å². The molecule has 0 aromatic heterocycles. The lowest BCUT2D eigenvalue weighted by atomic mass is 9.94. The van der Waals surface area contributed by atoms with Crippen LogP contribution in [0.25, 0.3) is 0 Å². The Morgan fingerprint density at radius 2 is 1.49 bits per heavy atom. The van der Waals surface area contributed by atoms with Crippen LogP contribution in [0, 0.1) is 0 Å². The van der Waals surface area contributed by atoms with Crippen LogP contribution in [0.15, 0.2) is 78.9 Å². The predicted octanol–water partition coefficient (Wildman–Crippen LogP) is 5.17. The van der Waals surface area contributed by atoms with Crippen LogP contribution in [0.2, 0.25) is 0 Å². The van der Waals surface area contributed by atoms with Crippen molar-refractivity contribution in [2.75, 3.05) is 20.8 Å². The molecule has 1 fully saturated rings. The topological polar surface area (TPSA) is 77.1 Å². The molecule has 1 saturated carbocycles. The molecular weight excluding hydrogens is 492 g/mol. The van der Waals surface area contributed by atoms with Crippen LogP contribution in [-0.4, -0.2) is 49.6 Å². The van der Waals surface area contributed by atoms with Crippen LogP contribution < -0.4 is 19.5 Å². The molecule has 7 heteroatoms. The van der Waals surface area contributed by atoms with Gasteiger partial charge in [0.25, 0.3) is 5.91 Å². The van der Waals surface area contributed by atoms with E-state index in [0.29, 0.717) is 23.7 Å². The zero-order chi connectivity index (χ0) is 27.5. The van der Waals surface area contributed by atoms with Crippen LogP contribution in [-0.2, 0) is 22.6 Å². The van der Waals surface area contributed by atoms with Gasteiger partial charge in [0.15, 0.2) is 6.61 Å². The maximum atomic E-state index is 13.8. The van der Waals surface area contributed by atoms with Crippen molar-refractivity contribution < 1.29 is 23.8 Å². The van der Waals surface area contributed by atoms with E-state index in [1.54, 1.807) is 43.4 Å². The molecule has 0 heterocycles. The average molecular weight is 531 g/mol. The second-order valence-electron chi connectivity index (χ2n) is 9.89. The van der Waals surface area contributed by atoms with Gasteiger partial charge in [-0.15, -0.1) is 0 Å². The van der Waals surface area contributed by atoms with E-state index in [1.807, 2.05) is 54.6 Å². The van der Waals surface area contributed by atoms with Gasteiger partial charge in [-0.1, -0.05) is 61.7 Å². The summed E-state index contributed by atoms with van der Waals surface area (Å²) in [5.74, 6) is 1.55. The highest BCUT2D eigenvalue weighted by Gasteiger charge is 2.32. The Kier molecular flexibility index (Phi) is 10.2. The molecule has 1 aliphatic carbocycles. The minimum absolute atomic E-state index is 0.133. The minimum Gasteiger partial charge on any atom is -0.497 e. The Morgan fingerprint density at radius 1 is 0.821 bits per heavy atom. The molecule has 0 aliphatic heterocycles. The van der Waals surface area contributed by atoms with Crippen LogP contribution in [0.4, 0.5) is 0 Å². The Balaban J connectivity index is 1.60.